The molecule has 98 valence electrons. The summed E-state index contributed by atoms with van der Waals surface area (Å²) < 4.78 is 0. The summed E-state index contributed by atoms with van der Waals surface area (Å²) in [6.45, 7) is 5.71. The molecule has 0 saturated heterocycles. The fourth-order valence-electron chi connectivity index (χ4n) is 2.55. The lowest BCUT2D eigenvalue weighted by Crippen LogP contribution is -2.46. The van der Waals surface area contributed by atoms with Crippen molar-refractivity contribution < 1.29 is 4.79 Å². The zero-order valence-corrected chi connectivity index (χ0v) is 11.0. The first-order chi connectivity index (χ1) is 8.15. The van der Waals surface area contributed by atoms with Crippen molar-refractivity contribution in [1.82, 2.24) is 5.32 Å². The third-order valence-corrected chi connectivity index (χ3v) is 3.73. The Hall–Kier alpha value is -0.830. The molecule has 2 atom stereocenters. The summed E-state index contributed by atoms with van der Waals surface area (Å²) in [4.78, 5) is 11.8. The molecule has 0 heterocycles. The van der Waals surface area contributed by atoms with E-state index in [1.54, 1.807) is 6.08 Å². The molecule has 0 aromatic carbocycles. The van der Waals surface area contributed by atoms with Gasteiger partial charge in [-0.05, 0) is 32.1 Å². The number of rotatable bonds is 5. The molecule has 0 bridgehead atoms. The fourth-order valence-corrected chi connectivity index (χ4v) is 2.55. The molecular weight excluding hydrogens is 212 g/mol. The van der Waals surface area contributed by atoms with Crippen LogP contribution in [-0.4, -0.2) is 18.0 Å². The van der Waals surface area contributed by atoms with Crippen LogP contribution in [-0.2, 0) is 4.79 Å². The first-order valence-corrected chi connectivity index (χ1v) is 6.82. The molecule has 0 aliphatic heterocycles. The van der Waals surface area contributed by atoms with Crippen LogP contribution in [0.4, 0.5) is 0 Å². The van der Waals surface area contributed by atoms with Crippen LogP contribution in [0.2, 0.25) is 0 Å². The minimum Gasteiger partial charge on any atom is -0.352 e. The van der Waals surface area contributed by atoms with Crippen molar-refractivity contribution in [3.63, 3.8) is 0 Å². The number of nitrogens with two attached hydrogens (primary N) is 1. The highest BCUT2D eigenvalue weighted by molar-refractivity contribution is 5.81. The third kappa shape index (κ3) is 4.90. The SMILES string of the molecule is C=CCC(N)C(=O)N[C@H](C)C1CCCCCC1. The lowest BCUT2D eigenvalue weighted by Gasteiger charge is -2.24. The molecule has 17 heavy (non-hydrogen) atoms. The molecule has 1 rings (SSSR count). The number of hydrogen-bond donors (Lipinski definition) is 2. The van der Waals surface area contributed by atoms with Gasteiger partial charge in [-0.2, -0.15) is 0 Å². The number of hydrogen-bond acceptors (Lipinski definition) is 2. The average Bonchev–Trinajstić information content (AvgIpc) is 2.57. The van der Waals surface area contributed by atoms with Gasteiger partial charge < -0.3 is 11.1 Å². The van der Waals surface area contributed by atoms with Gasteiger partial charge in [0.1, 0.15) is 0 Å². The minimum atomic E-state index is -0.444. The van der Waals surface area contributed by atoms with E-state index in [0.29, 0.717) is 12.3 Å². The highest BCUT2D eigenvalue weighted by Gasteiger charge is 2.22. The van der Waals surface area contributed by atoms with Gasteiger partial charge in [0.05, 0.1) is 6.04 Å². The van der Waals surface area contributed by atoms with Crippen LogP contribution in [0.1, 0.15) is 51.9 Å². The quantitative estimate of drug-likeness (QED) is 0.570. The predicted octanol–water partition coefficient (Wildman–Crippen LogP) is 2.36. The maximum absolute atomic E-state index is 11.8. The number of carbonyl (C=O) groups is 1. The van der Waals surface area contributed by atoms with Crippen LogP contribution in [0.3, 0.4) is 0 Å². The zero-order chi connectivity index (χ0) is 12.7. The Balaban J connectivity index is 2.38. The van der Waals surface area contributed by atoms with E-state index in [1.807, 2.05) is 0 Å². The van der Waals surface area contributed by atoms with Crippen molar-refractivity contribution in [3.05, 3.63) is 12.7 Å². The van der Waals surface area contributed by atoms with Gasteiger partial charge in [-0.15, -0.1) is 6.58 Å². The normalized spacial score (nSPS) is 21.3. The van der Waals surface area contributed by atoms with E-state index in [-0.39, 0.29) is 11.9 Å². The second-order valence-electron chi connectivity index (χ2n) is 5.18. The van der Waals surface area contributed by atoms with Crippen molar-refractivity contribution in [3.8, 4) is 0 Å². The van der Waals surface area contributed by atoms with Crippen molar-refractivity contribution >= 4 is 5.91 Å². The molecule has 1 aliphatic carbocycles. The van der Waals surface area contributed by atoms with Crippen LogP contribution >= 0.6 is 0 Å². The Morgan fingerprint density at radius 2 is 2.00 bits per heavy atom. The summed E-state index contributed by atoms with van der Waals surface area (Å²) in [5.41, 5.74) is 5.75. The van der Waals surface area contributed by atoms with E-state index < -0.39 is 6.04 Å². The second kappa shape index (κ2) is 7.49. The zero-order valence-electron chi connectivity index (χ0n) is 11.0. The third-order valence-electron chi connectivity index (χ3n) is 3.73. The molecule has 0 radical (unpaired) electrons. The Bertz CT molecular complexity index is 245. The first kappa shape index (κ1) is 14.2. The Morgan fingerprint density at radius 3 is 2.53 bits per heavy atom. The van der Waals surface area contributed by atoms with Gasteiger partial charge in [0, 0.05) is 6.04 Å². The van der Waals surface area contributed by atoms with Gasteiger partial charge >= 0.3 is 0 Å². The maximum atomic E-state index is 11.8. The summed E-state index contributed by atoms with van der Waals surface area (Å²) in [5, 5.41) is 3.05. The molecule has 3 N–H and O–H groups in total. The summed E-state index contributed by atoms with van der Waals surface area (Å²) >= 11 is 0. The van der Waals surface area contributed by atoms with Crippen molar-refractivity contribution in [2.75, 3.05) is 0 Å². The molecule has 0 spiro atoms. The van der Waals surface area contributed by atoms with E-state index in [9.17, 15) is 4.79 Å². The fraction of sp³-hybridized carbons (Fsp3) is 0.786. The Morgan fingerprint density at radius 1 is 1.41 bits per heavy atom. The van der Waals surface area contributed by atoms with Crippen molar-refractivity contribution in [2.24, 2.45) is 11.7 Å². The standard InChI is InChI=1S/C14H26N2O/c1-3-8-13(15)14(17)16-11(2)12-9-6-4-5-7-10-12/h3,11-13H,1,4-10,15H2,2H3,(H,16,17)/t11-,13?/m1/s1. The molecule has 1 aliphatic rings. The summed E-state index contributed by atoms with van der Waals surface area (Å²) in [5.74, 6) is 0.582. The lowest BCUT2D eigenvalue weighted by atomic mass is 9.93. The molecule has 0 aromatic rings. The lowest BCUT2D eigenvalue weighted by molar-refractivity contribution is -0.123. The molecule has 1 fully saturated rings. The molecule has 3 nitrogen and oxygen atoms in total. The summed E-state index contributed by atoms with van der Waals surface area (Å²) in [7, 11) is 0. The van der Waals surface area contributed by atoms with E-state index in [4.69, 9.17) is 5.73 Å². The van der Waals surface area contributed by atoms with Gasteiger partial charge in [-0.1, -0.05) is 31.8 Å². The number of amides is 1. The number of nitrogens with one attached hydrogen (secondary N) is 1. The van der Waals surface area contributed by atoms with Crippen LogP contribution in [0.15, 0.2) is 12.7 Å². The van der Waals surface area contributed by atoms with Gasteiger partial charge in [0.2, 0.25) is 5.91 Å². The first-order valence-electron chi connectivity index (χ1n) is 6.82. The summed E-state index contributed by atoms with van der Waals surface area (Å²) in [6.07, 6.45) is 9.98. The van der Waals surface area contributed by atoms with Gasteiger partial charge in [0.15, 0.2) is 0 Å². The molecule has 1 saturated carbocycles. The molecular formula is C14H26N2O. The number of carbonyl (C=O) groups excluding carboxylic acids is 1. The molecule has 0 aromatic heterocycles. The van der Waals surface area contributed by atoms with Crippen molar-refractivity contribution in [2.45, 2.75) is 64.0 Å². The Kier molecular flexibility index (Phi) is 6.27. The molecule has 1 amide bonds. The van der Waals surface area contributed by atoms with Gasteiger partial charge in [-0.25, -0.2) is 0 Å². The van der Waals surface area contributed by atoms with E-state index in [1.165, 1.54) is 38.5 Å². The molecule has 3 heteroatoms. The van der Waals surface area contributed by atoms with E-state index in [2.05, 4.69) is 18.8 Å². The maximum Gasteiger partial charge on any atom is 0.237 e. The summed E-state index contributed by atoms with van der Waals surface area (Å²) in [6, 6.07) is -0.197. The predicted molar refractivity (Wildman–Crippen MR) is 71.6 cm³/mol. The minimum absolute atomic E-state index is 0.0401. The van der Waals surface area contributed by atoms with Gasteiger partial charge in [0.25, 0.3) is 0 Å². The molecule has 1 unspecified atom stereocenters. The Labute approximate surface area is 105 Å². The monoisotopic (exact) mass is 238 g/mol. The highest BCUT2D eigenvalue weighted by Crippen LogP contribution is 2.25. The smallest absolute Gasteiger partial charge is 0.237 e. The van der Waals surface area contributed by atoms with Crippen LogP contribution in [0.25, 0.3) is 0 Å². The van der Waals surface area contributed by atoms with Gasteiger partial charge in [-0.3, -0.25) is 4.79 Å². The largest absolute Gasteiger partial charge is 0.352 e. The van der Waals surface area contributed by atoms with Crippen molar-refractivity contribution in [1.29, 1.82) is 0 Å². The van der Waals surface area contributed by atoms with E-state index >= 15 is 0 Å². The average molecular weight is 238 g/mol. The van der Waals surface area contributed by atoms with Crippen LogP contribution < -0.4 is 11.1 Å². The topological polar surface area (TPSA) is 55.1 Å². The van der Waals surface area contributed by atoms with Crippen LogP contribution in [0.5, 0.6) is 0 Å². The highest BCUT2D eigenvalue weighted by atomic mass is 16.2. The second-order valence-corrected chi connectivity index (χ2v) is 5.18. The van der Waals surface area contributed by atoms with Crippen LogP contribution in [0, 0.1) is 5.92 Å². The van der Waals surface area contributed by atoms with E-state index in [0.717, 1.165) is 0 Å².